The van der Waals surface area contributed by atoms with Crippen molar-refractivity contribution in [2.75, 3.05) is 33.9 Å². The van der Waals surface area contributed by atoms with Crippen LogP contribution < -0.4 is 5.32 Å². The number of aliphatic hydroxyl groups is 1. The van der Waals surface area contributed by atoms with Gasteiger partial charge in [-0.05, 0) is 12.8 Å². The minimum Gasteiger partial charge on any atom is -0.387 e. The van der Waals surface area contributed by atoms with E-state index in [4.69, 9.17) is 4.74 Å². The molecule has 1 saturated heterocycles. The van der Waals surface area contributed by atoms with Gasteiger partial charge < -0.3 is 9.84 Å². The lowest BCUT2D eigenvalue weighted by atomic mass is 9.96. The van der Waals surface area contributed by atoms with E-state index in [1.807, 2.05) is 0 Å². The summed E-state index contributed by atoms with van der Waals surface area (Å²) in [5, 5.41) is 13.9. The Morgan fingerprint density at radius 3 is 2.71 bits per heavy atom. The summed E-state index contributed by atoms with van der Waals surface area (Å²) < 4.78 is 7.10. The molecule has 28 heavy (non-hydrogen) atoms. The lowest BCUT2D eigenvalue weighted by Gasteiger charge is -2.32. The van der Waals surface area contributed by atoms with Crippen LogP contribution in [0.15, 0.2) is 17.6 Å². The minimum atomic E-state index is -0.807. The van der Waals surface area contributed by atoms with E-state index in [0.29, 0.717) is 18.4 Å². The van der Waals surface area contributed by atoms with E-state index in [1.165, 1.54) is 18.4 Å². The number of rotatable bonds is 7. The zero-order valence-electron chi connectivity index (χ0n) is 16.6. The molecule has 2 heterocycles. The minimum absolute atomic E-state index is 0.125. The number of imide groups is 1. The Hall–Kier alpha value is -2.26. The molecule has 3 aliphatic rings. The Labute approximate surface area is 165 Å². The first-order valence-corrected chi connectivity index (χ1v) is 9.84. The second-order valence-corrected chi connectivity index (χ2v) is 7.55. The van der Waals surface area contributed by atoms with Crippen molar-refractivity contribution in [3.8, 4) is 0 Å². The molecule has 3 rings (SSSR count). The van der Waals surface area contributed by atoms with Crippen molar-refractivity contribution < 1.29 is 24.0 Å². The van der Waals surface area contributed by atoms with Crippen LogP contribution in [-0.2, 0) is 9.53 Å². The topological polar surface area (TPSA) is 97.5 Å². The average Bonchev–Trinajstić information content (AvgIpc) is 3.03. The van der Waals surface area contributed by atoms with Crippen LogP contribution in [0.1, 0.15) is 32.1 Å². The van der Waals surface area contributed by atoms with Crippen LogP contribution >= 0.6 is 0 Å². The van der Waals surface area contributed by atoms with Crippen molar-refractivity contribution in [1.82, 2.24) is 15.1 Å². The third kappa shape index (κ3) is 4.10. The van der Waals surface area contributed by atoms with E-state index < -0.39 is 18.2 Å². The second kappa shape index (κ2) is 8.83. The lowest BCUT2D eigenvalue weighted by Crippen LogP contribution is -2.62. The third-order valence-corrected chi connectivity index (χ3v) is 5.42. The van der Waals surface area contributed by atoms with E-state index >= 15 is 0 Å². The van der Waals surface area contributed by atoms with Gasteiger partial charge in [0.1, 0.15) is 6.10 Å². The quantitative estimate of drug-likeness (QED) is 0.365. The number of ether oxygens (including phenoxy) is 1. The number of β-amino-alcohol motifs (C(OH)–C–C–N with tert-alkyl or cyclic N) is 1. The first kappa shape index (κ1) is 20.5. The highest BCUT2D eigenvalue weighted by Crippen LogP contribution is 2.21. The van der Waals surface area contributed by atoms with Gasteiger partial charge in [-0.15, -0.1) is 6.58 Å². The number of carbonyl (C=O) groups is 2. The number of likely N-dealkylation sites (N-methyl/N-ethyl adjacent to an activating group) is 2. The fourth-order valence-corrected chi connectivity index (χ4v) is 3.90. The van der Waals surface area contributed by atoms with Crippen LogP contribution in [0, 0.1) is 0 Å². The second-order valence-electron chi connectivity index (χ2n) is 7.55. The maximum atomic E-state index is 12.8. The van der Waals surface area contributed by atoms with Gasteiger partial charge >= 0.3 is 12.0 Å². The van der Waals surface area contributed by atoms with Crippen molar-refractivity contribution >= 4 is 23.7 Å². The first-order valence-electron chi connectivity index (χ1n) is 9.84. The molecule has 9 heteroatoms. The van der Waals surface area contributed by atoms with Gasteiger partial charge in [-0.1, -0.05) is 30.3 Å². The standard InChI is InChI=1S/C19H29N5O4/c1-4-10-28-12-14(25)11-24-15-16(22(2)19(27)23(3)17(15)26)21-18(24)20-13-8-6-5-7-9-13/h4,13-15,25H,1,5-12H2,2-3H3/p+1. The number of nitrogens with one attached hydrogen (secondary N) is 1. The van der Waals surface area contributed by atoms with Gasteiger partial charge in [0.2, 0.25) is 11.9 Å². The highest BCUT2D eigenvalue weighted by atomic mass is 16.5. The Bertz CT molecular complexity index is 698. The Kier molecular flexibility index (Phi) is 6.46. The number of amidine groups is 1. The van der Waals surface area contributed by atoms with Crippen molar-refractivity contribution in [2.24, 2.45) is 4.99 Å². The summed E-state index contributed by atoms with van der Waals surface area (Å²) in [7, 11) is 3.08. The summed E-state index contributed by atoms with van der Waals surface area (Å²) in [6.45, 7) is 4.23. The fourth-order valence-electron chi connectivity index (χ4n) is 3.90. The normalized spacial score (nSPS) is 24.4. The SMILES string of the molecule is C=CCOCC(O)C[N+]1=C(NC2CCCCC2)N=C2C1C(=O)N(C)C(=O)N2C. The smallest absolute Gasteiger partial charge is 0.387 e. The first-order chi connectivity index (χ1) is 13.4. The van der Waals surface area contributed by atoms with Gasteiger partial charge in [-0.2, -0.15) is 0 Å². The number of guanidine groups is 1. The zero-order chi connectivity index (χ0) is 20.3. The molecule has 0 aromatic carbocycles. The number of hydrogen-bond acceptors (Lipinski definition) is 6. The maximum absolute atomic E-state index is 12.8. The molecule has 1 saturated carbocycles. The highest BCUT2D eigenvalue weighted by molar-refractivity contribution is 6.22. The van der Waals surface area contributed by atoms with Gasteiger partial charge in [0.15, 0.2) is 0 Å². The molecule has 2 unspecified atom stereocenters. The molecule has 2 N–H and O–H groups in total. The summed E-state index contributed by atoms with van der Waals surface area (Å²) in [6.07, 6.45) is 6.44. The summed E-state index contributed by atoms with van der Waals surface area (Å²) >= 11 is 0. The molecule has 0 aromatic rings. The van der Waals surface area contributed by atoms with Crippen LogP contribution in [0.2, 0.25) is 0 Å². The lowest BCUT2D eigenvalue weighted by molar-refractivity contribution is -0.546. The Balaban J connectivity index is 1.84. The number of aliphatic hydroxyl groups excluding tert-OH is 1. The molecule has 2 aliphatic heterocycles. The van der Waals surface area contributed by atoms with Gasteiger partial charge in [-0.3, -0.25) is 19.9 Å². The van der Waals surface area contributed by atoms with Crippen molar-refractivity contribution in [1.29, 1.82) is 0 Å². The molecule has 0 radical (unpaired) electrons. The number of nitrogens with zero attached hydrogens (tertiary/aromatic N) is 4. The van der Waals surface area contributed by atoms with E-state index in [1.54, 1.807) is 17.7 Å². The van der Waals surface area contributed by atoms with Crippen LogP contribution in [0.3, 0.4) is 0 Å². The highest BCUT2D eigenvalue weighted by Gasteiger charge is 2.51. The van der Waals surface area contributed by atoms with E-state index in [2.05, 4.69) is 16.9 Å². The number of fused-ring (bicyclic) bond motifs is 1. The van der Waals surface area contributed by atoms with Gasteiger partial charge in [-0.25, -0.2) is 9.37 Å². The van der Waals surface area contributed by atoms with Crippen molar-refractivity contribution in [3.05, 3.63) is 12.7 Å². The van der Waals surface area contributed by atoms with E-state index in [0.717, 1.165) is 30.6 Å². The maximum Gasteiger partial charge on any atom is 0.390 e. The van der Waals surface area contributed by atoms with E-state index in [-0.39, 0.29) is 25.1 Å². The van der Waals surface area contributed by atoms with Crippen molar-refractivity contribution in [2.45, 2.75) is 50.3 Å². The molecule has 9 nitrogen and oxygen atoms in total. The fraction of sp³-hybridized carbons (Fsp3) is 0.684. The summed E-state index contributed by atoms with van der Waals surface area (Å²) in [4.78, 5) is 32.2. The van der Waals surface area contributed by atoms with Gasteiger partial charge in [0.25, 0.3) is 5.91 Å². The largest absolute Gasteiger partial charge is 0.390 e. The van der Waals surface area contributed by atoms with Crippen LogP contribution in [0.4, 0.5) is 4.79 Å². The molecule has 1 aliphatic carbocycles. The molecule has 0 bridgehead atoms. The predicted molar refractivity (Wildman–Crippen MR) is 104 cm³/mol. The summed E-state index contributed by atoms with van der Waals surface area (Å²) in [5.41, 5.74) is 0. The van der Waals surface area contributed by atoms with Crippen LogP contribution in [-0.4, -0.2) is 95.3 Å². The number of urea groups is 1. The van der Waals surface area contributed by atoms with Crippen molar-refractivity contribution in [3.63, 3.8) is 0 Å². The molecule has 3 amide bonds. The van der Waals surface area contributed by atoms with Gasteiger partial charge in [0, 0.05) is 14.1 Å². The predicted octanol–water partition coefficient (Wildman–Crippen LogP) is 0.145. The van der Waals surface area contributed by atoms with E-state index in [9.17, 15) is 14.7 Å². The molecule has 154 valence electrons. The van der Waals surface area contributed by atoms with Crippen LogP contribution in [0.25, 0.3) is 0 Å². The number of hydrogen-bond donors (Lipinski definition) is 2. The molecule has 0 spiro atoms. The van der Waals surface area contributed by atoms with Crippen LogP contribution in [0.5, 0.6) is 0 Å². The Morgan fingerprint density at radius 1 is 1.32 bits per heavy atom. The number of aliphatic imine (C=N–C) groups is 1. The molecule has 2 fully saturated rings. The zero-order valence-corrected chi connectivity index (χ0v) is 16.6. The molecular formula is C19H30N5O4+. The molecule has 2 atom stereocenters. The number of carbonyl (C=O) groups excluding carboxylic acids is 2. The summed E-state index contributed by atoms with van der Waals surface area (Å²) in [5.74, 6) is 0.588. The monoisotopic (exact) mass is 392 g/mol. The molecular weight excluding hydrogens is 362 g/mol. The average molecular weight is 392 g/mol. The third-order valence-electron chi connectivity index (χ3n) is 5.42. The van der Waals surface area contributed by atoms with Gasteiger partial charge in [0.05, 0.1) is 25.8 Å². The Morgan fingerprint density at radius 2 is 2.04 bits per heavy atom. The number of amides is 3. The molecule has 0 aromatic heterocycles. The summed E-state index contributed by atoms with van der Waals surface area (Å²) in [6, 6.07) is -0.861.